The molecule has 4 heteroatoms. The Bertz CT molecular complexity index is 630. The van der Waals surface area contributed by atoms with E-state index >= 15 is 0 Å². The molecule has 0 aromatic heterocycles. The van der Waals surface area contributed by atoms with Crippen LogP contribution in [0, 0.1) is 12.7 Å². The third-order valence-corrected chi connectivity index (χ3v) is 3.61. The fourth-order valence-electron chi connectivity index (χ4n) is 2.39. The number of aryl methyl sites for hydroxylation is 1. The largest absolute Gasteiger partial charge is 0.496 e. The molecule has 0 saturated heterocycles. The lowest BCUT2D eigenvalue weighted by Gasteiger charge is -2.22. The monoisotopic (exact) mass is 307 g/mol. The Morgan fingerprint density at radius 3 is 2.57 bits per heavy atom. The van der Waals surface area contributed by atoms with Crippen molar-refractivity contribution in [1.29, 1.82) is 0 Å². The van der Waals surface area contributed by atoms with Crippen LogP contribution in [-0.4, -0.2) is 13.7 Å². The summed E-state index contributed by atoms with van der Waals surface area (Å²) in [5, 5.41) is 3.90. The van der Waals surface area contributed by atoms with Crippen LogP contribution in [0.4, 0.5) is 4.39 Å². The number of rotatable bonds is 5. The average Bonchev–Trinajstić information content (AvgIpc) is 2.45. The highest BCUT2D eigenvalue weighted by atomic mass is 35.5. The van der Waals surface area contributed by atoms with Gasteiger partial charge in [0.2, 0.25) is 0 Å². The van der Waals surface area contributed by atoms with Gasteiger partial charge in [0.1, 0.15) is 11.6 Å². The second-order valence-electron chi connectivity index (χ2n) is 4.90. The van der Waals surface area contributed by atoms with E-state index in [2.05, 4.69) is 5.32 Å². The Hall–Kier alpha value is -1.58. The predicted molar refractivity (Wildman–Crippen MR) is 84.7 cm³/mol. The van der Waals surface area contributed by atoms with Crippen molar-refractivity contribution in [2.75, 3.05) is 13.7 Å². The maximum atomic E-state index is 14.3. The highest BCUT2D eigenvalue weighted by Gasteiger charge is 2.21. The fourth-order valence-corrected chi connectivity index (χ4v) is 2.57. The minimum absolute atomic E-state index is 0.233. The molecule has 1 unspecified atom stereocenters. The van der Waals surface area contributed by atoms with E-state index in [4.69, 9.17) is 16.3 Å². The summed E-state index contributed by atoms with van der Waals surface area (Å²) in [4.78, 5) is 0. The van der Waals surface area contributed by atoms with Crippen LogP contribution in [0.3, 0.4) is 0 Å². The van der Waals surface area contributed by atoms with Gasteiger partial charge in [0, 0.05) is 16.1 Å². The molecule has 21 heavy (non-hydrogen) atoms. The zero-order valence-corrected chi connectivity index (χ0v) is 13.2. The molecule has 0 aliphatic heterocycles. The molecule has 2 nitrogen and oxygen atoms in total. The summed E-state index contributed by atoms with van der Waals surface area (Å²) in [6, 6.07) is 10.3. The van der Waals surface area contributed by atoms with Gasteiger partial charge in [-0.15, -0.1) is 0 Å². The zero-order chi connectivity index (χ0) is 15.4. The summed E-state index contributed by atoms with van der Waals surface area (Å²) in [7, 11) is 1.60. The molecule has 0 spiro atoms. The first kappa shape index (κ1) is 15.8. The predicted octanol–water partition coefficient (Wildman–Crippen LogP) is 4.50. The van der Waals surface area contributed by atoms with Crippen molar-refractivity contribution < 1.29 is 9.13 Å². The van der Waals surface area contributed by atoms with Crippen molar-refractivity contribution in [2.24, 2.45) is 0 Å². The van der Waals surface area contributed by atoms with Gasteiger partial charge in [-0.25, -0.2) is 4.39 Å². The Morgan fingerprint density at radius 1 is 1.19 bits per heavy atom. The smallest absolute Gasteiger partial charge is 0.128 e. The molecule has 0 fully saturated rings. The van der Waals surface area contributed by atoms with Gasteiger partial charge in [0.25, 0.3) is 0 Å². The lowest BCUT2D eigenvalue weighted by molar-refractivity contribution is 0.403. The van der Waals surface area contributed by atoms with Gasteiger partial charge in [-0.05, 0) is 43.3 Å². The molecule has 0 saturated carbocycles. The van der Waals surface area contributed by atoms with Crippen molar-refractivity contribution in [3.05, 3.63) is 63.9 Å². The molecule has 0 heterocycles. The first-order chi connectivity index (χ1) is 10.1. The first-order valence-corrected chi connectivity index (χ1v) is 7.27. The molecule has 112 valence electrons. The third-order valence-electron chi connectivity index (χ3n) is 3.38. The van der Waals surface area contributed by atoms with Crippen LogP contribution in [0.1, 0.15) is 29.7 Å². The maximum Gasteiger partial charge on any atom is 0.128 e. The number of methoxy groups -OCH3 is 1. The highest BCUT2D eigenvalue weighted by Crippen LogP contribution is 2.33. The van der Waals surface area contributed by atoms with Gasteiger partial charge in [-0.1, -0.05) is 30.7 Å². The normalized spacial score (nSPS) is 12.2. The highest BCUT2D eigenvalue weighted by molar-refractivity contribution is 6.30. The molecule has 2 aromatic carbocycles. The summed E-state index contributed by atoms with van der Waals surface area (Å²) in [5.74, 6) is 0.452. The first-order valence-electron chi connectivity index (χ1n) is 6.89. The van der Waals surface area contributed by atoms with Crippen molar-refractivity contribution in [2.45, 2.75) is 19.9 Å². The Morgan fingerprint density at radius 2 is 1.95 bits per heavy atom. The zero-order valence-electron chi connectivity index (χ0n) is 12.4. The van der Waals surface area contributed by atoms with Crippen LogP contribution >= 0.6 is 11.6 Å². The Kier molecular flexibility index (Phi) is 5.21. The van der Waals surface area contributed by atoms with Crippen LogP contribution in [-0.2, 0) is 0 Å². The van der Waals surface area contributed by atoms with Gasteiger partial charge < -0.3 is 10.1 Å². The van der Waals surface area contributed by atoms with Crippen molar-refractivity contribution in [1.82, 2.24) is 5.32 Å². The van der Waals surface area contributed by atoms with Crippen LogP contribution in [0.5, 0.6) is 5.75 Å². The van der Waals surface area contributed by atoms with Crippen molar-refractivity contribution in [3.8, 4) is 5.75 Å². The number of hydrogen-bond donors (Lipinski definition) is 1. The van der Waals surface area contributed by atoms with Gasteiger partial charge in [0.05, 0.1) is 13.2 Å². The lowest BCUT2D eigenvalue weighted by atomic mass is 9.96. The van der Waals surface area contributed by atoms with E-state index in [9.17, 15) is 4.39 Å². The van der Waals surface area contributed by atoms with E-state index in [0.29, 0.717) is 22.9 Å². The summed E-state index contributed by atoms with van der Waals surface area (Å²) >= 11 is 6.09. The Labute approximate surface area is 129 Å². The van der Waals surface area contributed by atoms with E-state index in [1.54, 1.807) is 25.3 Å². The molecule has 0 aliphatic carbocycles. The molecular weight excluding hydrogens is 289 g/mol. The van der Waals surface area contributed by atoms with E-state index in [1.165, 1.54) is 6.07 Å². The van der Waals surface area contributed by atoms with Crippen LogP contribution in [0.15, 0.2) is 36.4 Å². The summed E-state index contributed by atoms with van der Waals surface area (Å²) in [5.41, 5.74) is 2.31. The van der Waals surface area contributed by atoms with E-state index in [-0.39, 0.29) is 11.9 Å². The van der Waals surface area contributed by atoms with Crippen molar-refractivity contribution >= 4 is 11.6 Å². The summed E-state index contributed by atoms with van der Waals surface area (Å²) in [6.45, 7) is 4.55. The summed E-state index contributed by atoms with van der Waals surface area (Å²) in [6.07, 6.45) is 0. The van der Waals surface area contributed by atoms with Gasteiger partial charge >= 0.3 is 0 Å². The number of nitrogens with one attached hydrogen (secondary N) is 1. The lowest BCUT2D eigenvalue weighted by Crippen LogP contribution is -2.23. The Balaban J connectivity index is 2.55. The molecule has 0 radical (unpaired) electrons. The topological polar surface area (TPSA) is 21.3 Å². The molecule has 0 bridgehead atoms. The van der Waals surface area contributed by atoms with E-state index < -0.39 is 0 Å². The van der Waals surface area contributed by atoms with Gasteiger partial charge in [-0.2, -0.15) is 0 Å². The summed E-state index contributed by atoms with van der Waals surface area (Å²) < 4.78 is 19.7. The number of halogens is 2. The molecule has 1 atom stereocenters. The minimum atomic E-state index is -0.302. The second kappa shape index (κ2) is 6.92. The van der Waals surface area contributed by atoms with Crippen LogP contribution in [0.2, 0.25) is 5.02 Å². The molecular formula is C17H19ClFNO. The van der Waals surface area contributed by atoms with Crippen LogP contribution < -0.4 is 10.1 Å². The van der Waals surface area contributed by atoms with Crippen LogP contribution in [0.25, 0.3) is 0 Å². The van der Waals surface area contributed by atoms with Gasteiger partial charge in [0.15, 0.2) is 0 Å². The molecule has 2 aromatic rings. The quantitative estimate of drug-likeness (QED) is 0.878. The number of hydrogen-bond acceptors (Lipinski definition) is 2. The van der Waals surface area contributed by atoms with E-state index in [1.807, 2.05) is 26.0 Å². The minimum Gasteiger partial charge on any atom is -0.496 e. The molecule has 0 aliphatic rings. The maximum absolute atomic E-state index is 14.3. The number of benzene rings is 2. The number of ether oxygens (including phenoxy) is 1. The molecule has 2 rings (SSSR count). The fraction of sp³-hybridized carbons (Fsp3) is 0.294. The molecule has 1 N–H and O–H groups in total. The van der Waals surface area contributed by atoms with E-state index in [0.717, 1.165) is 11.1 Å². The third kappa shape index (κ3) is 3.55. The second-order valence-corrected chi connectivity index (χ2v) is 5.34. The van der Waals surface area contributed by atoms with Gasteiger partial charge in [-0.3, -0.25) is 0 Å². The average molecular weight is 308 g/mol. The standard InChI is InChI=1S/C17H19ClFNO/c1-4-20-17(13-7-5-11(2)9-15(13)19)14-10-12(18)6-8-16(14)21-3/h5-10,17,20H,4H2,1-3H3. The SMILES string of the molecule is CCNC(c1ccc(C)cc1F)c1cc(Cl)ccc1OC. The molecule has 0 amide bonds. The van der Waals surface area contributed by atoms with Crippen molar-refractivity contribution in [3.63, 3.8) is 0 Å².